The highest BCUT2D eigenvalue weighted by Crippen LogP contribution is 2.21. The van der Waals surface area contributed by atoms with E-state index in [0.717, 1.165) is 5.69 Å². The molecule has 5 nitrogen and oxygen atoms in total. The molecule has 7 heteroatoms. The molecule has 100 valence electrons. The van der Waals surface area contributed by atoms with Crippen LogP contribution in [0.25, 0.3) is 0 Å². The molecule has 1 aromatic heterocycles. The third kappa shape index (κ3) is 3.68. The second kappa shape index (κ2) is 6.54. The van der Waals surface area contributed by atoms with Crippen LogP contribution < -0.4 is 9.64 Å². The molecule has 0 fully saturated rings. The van der Waals surface area contributed by atoms with Crippen molar-refractivity contribution in [1.82, 2.24) is 15.0 Å². The third-order valence-electron chi connectivity index (χ3n) is 2.33. The lowest BCUT2D eigenvalue weighted by Gasteiger charge is -2.17. The van der Waals surface area contributed by atoms with E-state index in [0.29, 0.717) is 18.4 Å². The van der Waals surface area contributed by atoms with Crippen molar-refractivity contribution in [3.05, 3.63) is 35.6 Å². The Morgan fingerprint density at radius 1 is 1.16 bits per heavy atom. The summed E-state index contributed by atoms with van der Waals surface area (Å²) in [7, 11) is 1.84. The standard InChI is InChI=1S/C12H12Cl2N4O/c1-18(9-5-3-2-4-6-9)11-15-10(14)16-12(17-11)19-8-7-13/h2-6H,7-8H2,1H3. The number of hydrogen-bond donors (Lipinski definition) is 0. The predicted octanol–water partition coefficient (Wildman–Crippen LogP) is 2.91. The van der Waals surface area contributed by atoms with E-state index in [2.05, 4.69) is 15.0 Å². The topological polar surface area (TPSA) is 51.1 Å². The van der Waals surface area contributed by atoms with Crippen LogP contribution in [-0.2, 0) is 0 Å². The lowest BCUT2D eigenvalue weighted by atomic mass is 10.3. The van der Waals surface area contributed by atoms with Gasteiger partial charge in [0.2, 0.25) is 11.2 Å². The van der Waals surface area contributed by atoms with Crippen molar-refractivity contribution in [2.24, 2.45) is 0 Å². The zero-order valence-corrected chi connectivity index (χ0v) is 11.8. The number of rotatable bonds is 5. The molecule has 19 heavy (non-hydrogen) atoms. The number of anilines is 2. The van der Waals surface area contributed by atoms with Crippen molar-refractivity contribution in [3.8, 4) is 6.01 Å². The van der Waals surface area contributed by atoms with Gasteiger partial charge in [-0.15, -0.1) is 11.6 Å². The van der Waals surface area contributed by atoms with Crippen LogP contribution in [0.15, 0.2) is 30.3 Å². The largest absolute Gasteiger partial charge is 0.462 e. The summed E-state index contributed by atoms with van der Waals surface area (Å²) in [4.78, 5) is 13.9. The third-order valence-corrected chi connectivity index (χ3v) is 2.65. The molecule has 0 amide bonds. The molecule has 0 bridgehead atoms. The first kappa shape index (κ1) is 13.8. The molecular weight excluding hydrogens is 287 g/mol. The zero-order valence-electron chi connectivity index (χ0n) is 10.3. The molecule has 0 saturated carbocycles. The van der Waals surface area contributed by atoms with Gasteiger partial charge in [-0.3, -0.25) is 0 Å². The Hall–Kier alpha value is -1.59. The Kier molecular flexibility index (Phi) is 4.76. The number of para-hydroxylation sites is 1. The van der Waals surface area contributed by atoms with Crippen LogP contribution >= 0.6 is 23.2 Å². The van der Waals surface area contributed by atoms with Gasteiger partial charge in [-0.1, -0.05) is 18.2 Å². The summed E-state index contributed by atoms with van der Waals surface area (Å²) >= 11 is 11.4. The second-order valence-electron chi connectivity index (χ2n) is 3.62. The Bertz CT molecular complexity index is 539. The second-order valence-corrected chi connectivity index (χ2v) is 4.34. The van der Waals surface area contributed by atoms with Gasteiger partial charge in [0.25, 0.3) is 0 Å². The van der Waals surface area contributed by atoms with E-state index in [1.807, 2.05) is 37.4 Å². The quantitative estimate of drug-likeness (QED) is 0.795. The molecule has 2 aromatic rings. The van der Waals surface area contributed by atoms with E-state index in [-0.39, 0.29) is 11.3 Å². The average Bonchev–Trinajstić information content (AvgIpc) is 2.44. The number of halogens is 2. The van der Waals surface area contributed by atoms with Crippen molar-refractivity contribution in [2.75, 3.05) is 24.4 Å². The van der Waals surface area contributed by atoms with Crippen molar-refractivity contribution in [2.45, 2.75) is 0 Å². The van der Waals surface area contributed by atoms with Gasteiger partial charge in [-0.25, -0.2) is 0 Å². The van der Waals surface area contributed by atoms with E-state index < -0.39 is 0 Å². The van der Waals surface area contributed by atoms with Crippen molar-refractivity contribution < 1.29 is 4.74 Å². The van der Waals surface area contributed by atoms with Gasteiger partial charge in [-0.2, -0.15) is 15.0 Å². The molecule has 0 unspecified atom stereocenters. The fraction of sp³-hybridized carbons (Fsp3) is 0.250. The SMILES string of the molecule is CN(c1ccccc1)c1nc(Cl)nc(OCCCl)n1. The maximum absolute atomic E-state index is 5.86. The normalized spacial score (nSPS) is 10.3. The van der Waals surface area contributed by atoms with Crippen LogP contribution in [0.3, 0.4) is 0 Å². The Morgan fingerprint density at radius 2 is 1.89 bits per heavy atom. The first-order valence-corrected chi connectivity index (χ1v) is 6.51. The summed E-state index contributed by atoms with van der Waals surface area (Å²) in [5.74, 6) is 0.767. The lowest BCUT2D eigenvalue weighted by Crippen LogP contribution is -2.15. The van der Waals surface area contributed by atoms with Crippen LogP contribution in [0.2, 0.25) is 5.28 Å². The highest BCUT2D eigenvalue weighted by Gasteiger charge is 2.11. The fourth-order valence-electron chi connectivity index (χ4n) is 1.43. The zero-order chi connectivity index (χ0) is 13.7. The van der Waals surface area contributed by atoms with E-state index >= 15 is 0 Å². The van der Waals surface area contributed by atoms with Crippen LogP contribution in [0, 0.1) is 0 Å². The highest BCUT2D eigenvalue weighted by molar-refractivity contribution is 6.28. The van der Waals surface area contributed by atoms with Crippen molar-refractivity contribution >= 4 is 34.8 Å². The summed E-state index contributed by atoms with van der Waals surface area (Å²) in [5, 5.41) is 0.0809. The van der Waals surface area contributed by atoms with Crippen LogP contribution in [0.5, 0.6) is 6.01 Å². The summed E-state index contributed by atoms with van der Waals surface area (Å²) in [6.07, 6.45) is 0. The molecule has 0 aliphatic carbocycles. The van der Waals surface area contributed by atoms with Gasteiger partial charge >= 0.3 is 6.01 Å². The predicted molar refractivity (Wildman–Crippen MR) is 75.6 cm³/mol. The van der Waals surface area contributed by atoms with Crippen molar-refractivity contribution in [3.63, 3.8) is 0 Å². The summed E-state index contributed by atoms with van der Waals surface area (Å²) in [6.45, 7) is 0.316. The molecule has 1 heterocycles. The summed E-state index contributed by atoms with van der Waals surface area (Å²) < 4.78 is 5.26. The van der Waals surface area contributed by atoms with E-state index in [9.17, 15) is 0 Å². The van der Waals surface area contributed by atoms with Gasteiger partial charge < -0.3 is 9.64 Å². The molecule has 0 aliphatic heterocycles. The number of hydrogen-bond acceptors (Lipinski definition) is 5. The summed E-state index contributed by atoms with van der Waals surface area (Å²) in [5.41, 5.74) is 0.938. The molecule has 0 N–H and O–H groups in total. The maximum Gasteiger partial charge on any atom is 0.322 e. The van der Waals surface area contributed by atoms with Gasteiger partial charge in [0, 0.05) is 12.7 Å². The van der Waals surface area contributed by atoms with Gasteiger partial charge in [-0.05, 0) is 23.7 Å². The number of ether oxygens (including phenoxy) is 1. The molecule has 1 aromatic carbocycles. The molecular formula is C12H12Cl2N4O. The van der Waals surface area contributed by atoms with Crippen LogP contribution in [0.4, 0.5) is 11.6 Å². The van der Waals surface area contributed by atoms with E-state index in [1.165, 1.54) is 0 Å². The minimum atomic E-state index is 0.0809. The number of nitrogens with zero attached hydrogens (tertiary/aromatic N) is 4. The highest BCUT2D eigenvalue weighted by atomic mass is 35.5. The Morgan fingerprint density at radius 3 is 2.58 bits per heavy atom. The Balaban J connectivity index is 2.26. The first-order chi connectivity index (χ1) is 9.20. The molecule has 0 aliphatic rings. The number of alkyl halides is 1. The minimum Gasteiger partial charge on any atom is -0.462 e. The number of benzene rings is 1. The van der Waals surface area contributed by atoms with E-state index in [4.69, 9.17) is 27.9 Å². The fourth-order valence-corrected chi connectivity index (χ4v) is 1.66. The van der Waals surface area contributed by atoms with Gasteiger partial charge in [0.15, 0.2) is 0 Å². The van der Waals surface area contributed by atoms with Crippen LogP contribution in [-0.4, -0.2) is 34.5 Å². The molecule has 0 radical (unpaired) electrons. The molecule has 0 atom stereocenters. The maximum atomic E-state index is 5.86. The smallest absolute Gasteiger partial charge is 0.322 e. The van der Waals surface area contributed by atoms with Gasteiger partial charge in [0.1, 0.15) is 6.61 Å². The summed E-state index contributed by atoms with van der Waals surface area (Å²) in [6, 6.07) is 9.85. The van der Waals surface area contributed by atoms with Gasteiger partial charge in [0.05, 0.1) is 5.88 Å². The Labute approximate surface area is 121 Å². The van der Waals surface area contributed by atoms with Crippen LogP contribution in [0.1, 0.15) is 0 Å². The van der Waals surface area contributed by atoms with E-state index in [1.54, 1.807) is 4.90 Å². The molecule has 0 spiro atoms. The lowest BCUT2D eigenvalue weighted by molar-refractivity contribution is 0.314. The molecule has 2 rings (SSSR count). The first-order valence-electron chi connectivity index (χ1n) is 5.60. The number of aromatic nitrogens is 3. The van der Waals surface area contributed by atoms with Crippen molar-refractivity contribution in [1.29, 1.82) is 0 Å². The average molecular weight is 299 g/mol. The minimum absolute atomic E-state index is 0.0809. The molecule has 0 saturated heterocycles. The monoisotopic (exact) mass is 298 g/mol.